The summed E-state index contributed by atoms with van der Waals surface area (Å²) in [7, 11) is -4.69. The van der Waals surface area contributed by atoms with Gasteiger partial charge in [0.05, 0.1) is 37.9 Å². The molecular weight excluding hydrogens is 1100 g/mol. The molecular formula is C54H88O26S. The first-order valence-corrected chi connectivity index (χ1v) is 29.9. The molecule has 0 amide bonds. The minimum atomic E-state index is -4.69. The largest absolute Gasteiger partial charge is 0.432 e. The summed E-state index contributed by atoms with van der Waals surface area (Å²) in [5.41, 5.74) is -1.72. The van der Waals surface area contributed by atoms with E-state index < -0.39 is 188 Å². The Kier molecular flexibility index (Phi) is 18.2. The molecule has 0 unspecified atom stereocenters. The first-order chi connectivity index (χ1) is 37.7. The zero-order valence-electron chi connectivity index (χ0n) is 46.9. The molecule has 466 valence electrons. The van der Waals surface area contributed by atoms with E-state index in [1.54, 1.807) is 0 Å². The van der Waals surface area contributed by atoms with Gasteiger partial charge in [0, 0.05) is 0 Å². The lowest BCUT2D eigenvalue weighted by molar-refractivity contribution is -0.393. The summed E-state index contributed by atoms with van der Waals surface area (Å²) in [6.45, 7) is 12.0. The molecule has 0 aromatic rings. The highest BCUT2D eigenvalue weighted by molar-refractivity contribution is 7.80. The zero-order valence-corrected chi connectivity index (χ0v) is 47.7. The Morgan fingerprint density at radius 3 is 1.68 bits per heavy atom. The van der Waals surface area contributed by atoms with Crippen molar-refractivity contribution in [3.05, 3.63) is 11.6 Å². The number of carbonyl (C=O) groups excluding carboxylic acids is 1. The summed E-state index contributed by atoms with van der Waals surface area (Å²) >= 11 is 0. The molecule has 8 fully saturated rings. The van der Waals surface area contributed by atoms with Crippen LogP contribution in [0, 0.1) is 50.2 Å². The van der Waals surface area contributed by atoms with E-state index in [0.717, 1.165) is 18.4 Å². The van der Waals surface area contributed by atoms with Crippen LogP contribution in [0.5, 0.6) is 0 Å². The Balaban J connectivity index is 0.975. The second-order valence-electron chi connectivity index (χ2n) is 26.8. The van der Waals surface area contributed by atoms with E-state index in [0.29, 0.717) is 51.4 Å². The molecule has 0 spiro atoms. The maximum atomic E-state index is 15.5. The predicted molar refractivity (Wildman–Crippen MR) is 273 cm³/mol. The zero-order chi connectivity index (χ0) is 59.5. The van der Waals surface area contributed by atoms with E-state index in [9.17, 15) is 79.4 Å². The third kappa shape index (κ3) is 11.0. The summed E-state index contributed by atoms with van der Waals surface area (Å²) in [6.07, 6.45) is -29.6. The van der Waals surface area contributed by atoms with Crippen molar-refractivity contribution < 1.29 is 126 Å². The first-order valence-electron chi connectivity index (χ1n) is 28.5. The van der Waals surface area contributed by atoms with Crippen LogP contribution >= 0.6 is 0 Å². The van der Waals surface area contributed by atoms with Gasteiger partial charge in [-0.15, -0.1) is 0 Å². The van der Waals surface area contributed by atoms with Crippen molar-refractivity contribution in [2.75, 3.05) is 26.4 Å². The van der Waals surface area contributed by atoms with Gasteiger partial charge >= 0.3 is 16.4 Å². The van der Waals surface area contributed by atoms with Crippen LogP contribution in [0.3, 0.4) is 0 Å². The fourth-order valence-corrected chi connectivity index (χ4v) is 17.2. The van der Waals surface area contributed by atoms with Crippen LogP contribution in [0.2, 0.25) is 0 Å². The smallest absolute Gasteiger partial charge is 0.397 e. The minimum absolute atomic E-state index is 0.0711. The van der Waals surface area contributed by atoms with E-state index in [1.807, 2.05) is 13.8 Å². The van der Waals surface area contributed by atoms with E-state index in [-0.39, 0.29) is 34.0 Å². The van der Waals surface area contributed by atoms with Crippen LogP contribution in [-0.2, 0) is 57.3 Å². The fourth-order valence-electron chi connectivity index (χ4n) is 16.6. The van der Waals surface area contributed by atoms with Crippen molar-refractivity contribution in [3.8, 4) is 0 Å². The number of fused-ring (bicyclic) bond motifs is 7. The summed E-state index contributed by atoms with van der Waals surface area (Å²) in [6, 6.07) is 0. The minimum Gasteiger partial charge on any atom is -0.432 e. The van der Waals surface area contributed by atoms with Gasteiger partial charge in [-0.1, -0.05) is 60.1 Å². The van der Waals surface area contributed by atoms with Gasteiger partial charge in [0.1, 0.15) is 91.6 Å². The number of allylic oxidation sites excluding steroid dienone is 2. The third-order valence-corrected chi connectivity index (χ3v) is 22.1. The topological polar surface area (TPSA) is 418 Å². The highest BCUT2D eigenvalue weighted by Crippen LogP contribution is 2.76. The molecule has 4 saturated heterocycles. The van der Waals surface area contributed by atoms with Crippen LogP contribution < -0.4 is 0 Å². The lowest BCUT2D eigenvalue weighted by Gasteiger charge is -2.71. The monoisotopic (exact) mass is 1180 g/mol. The van der Waals surface area contributed by atoms with Crippen molar-refractivity contribution in [2.24, 2.45) is 50.2 Å². The second kappa shape index (κ2) is 23.1. The van der Waals surface area contributed by atoms with E-state index in [4.69, 9.17) is 42.1 Å². The molecule has 28 atom stereocenters. The number of carbonyl (C=O) groups is 1. The Hall–Kier alpha value is -1.72. The van der Waals surface area contributed by atoms with E-state index in [2.05, 4.69) is 40.7 Å². The van der Waals surface area contributed by atoms with E-state index in [1.165, 1.54) is 0 Å². The Labute approximate surface area is 471 Å². The number of hydrogen-bond acceptors (Lipinski definition) is 25. The van der Waals surface area contributed by atoms with Crippen molar-refractivity contribution in [1.82, 2.24) is 0 Å². The molecule has 0 aromatic heterocycles. The number of ether oxygens (including phenoxy) is 8. The molecule has 4 saturated carbocycles. The van der Waals surface area contributed by atoms with Crippen molar-refractivity contribution in [3.63, 3.8) is 0 Å². The molecule has 0 radical (unpaired) electrons. The molecule has 5 aliphatic carbocycles. The quantitative estimate of drug-likeness (QED) is 0.0498. The van der Waals surface area contributed by atoms with Crippen LogP contribution in [-0.4, -0.2) is 241 Å². The SMILES string of the molecule is CC1(C)CC[C@]2(C(=O)O[C@@H]3O[C@H](CO)[C@@H](O)[C@H](O)[C@H]3O[C@@H]3O[C@H](CO)[C@@H](O)[C@H](O)[C@H]3O[C@@H]3O[C@H](CO[C@@H]4O[C@H](CO)[C@@H](O)[C@H](O)[C@H]4O)[C@@H](O)[C@H](O)[C@H]3O)CC[C@]3(C)C(=CC[C@@H]4[C@@]5(C)CC[C@H](OS(=O)(=O)O)C(C)(C)[C@@H]5CC[C@]43C)[C@@H]2C1. The summed E-state index contributed by atoms with van der Waals surface area (Å²) in [5, 5.41) is 140. The van der Waals surface area contributed by atoms with Gasteiger partial charge in [0.2, 0.25) is 6.29 Å². The van der Waals surface area contributed by atoms with Crippen molar-refractivity contribution in [1.29, 1.82) is 0 Å². The molecule has 26 nitrogen and oxygen atoms in total. The molecule has 14 N–H and O–H groups in total. The average molecular weight is 1190 g/mol. The average Bonchev–Trinajstić information content (AvgIpc) is 3.56. The molecule has 27 heteroatoms. The van der Waals surface area contributed by atoms with Gasteiger partial charge in [0.15, 0.2) is 25.0 Å². The van der Waals surface area contributed by atoms with Gasteiger partial charge < -0.3 is 104 Å². The Morgan fingerprint density at radius 2 is 1.09 bits per heavy atom. The molecule has 0 aromatic carbocycles. The molecule has 4 heterocycles. The first kappa shape index (κ1) is 63.8. The molecule has 4 aliphatic heterocycles. The third-order valence-electron chi connectivity index (χ3n) is 21.6. The summed E-state index contributed by atoms with van der Waals surface area (Å²) in [5.74, 6) is -0.805. The van der Waals surface area contributed by atoms with Gasteiger partial charge in [-0.3, -0.25) is 9.35 Å². The maximum absolute atomic E-state index is 15.5. The van der Waals surface area contributed by atoms with Crippen molar-refractivity contribution in [2.45, 2.75) is 242 Å². The van der Waals surface area contributed by atoms with Crippen LogP contribution in [0.15, 0.2) is 11.6 Å². The van der Waals surface area contributed by atoms with Gasteiger partial charge in [-0.05, 0) is 109 Å². The molecule has 0 bridgehead atoms. The number of rotatable bonds is 14. The van der Waals surface area contributed by atoms with Gasteiger partial charge in [0.25, 0.3) is 0 Å². The molecule has 9 aliphatic rings. The highest BCUT2D eigenvalue weighted by atomic mass is 32.3. The predicted octanol–water partition coefficient (Wildman–Crippen LogP) is -2.21. The molecule has 81 heavy (non-hydrogen) atoms. The normalized spacial score (nSPS) is 51.6. The number of hydrogen-bond donors (Lipinski definition) is 14. The van der Waals surface area contributed by atoms with Crippen LogP contribution in [0.4, 0.5) is 0 Å². The lowest BCUT2D eigenvalue weighted by Crippen LogP contribution is -2.67. The van der Waals surface area contributed by atoms with Gasteiger partial charge in [-0.2, -0.15) is 8.42 Å². The number of aliphatic hydroxyl groups excluding tert-OH is 13. The van der Waals surface area contributed by atoms with Crippen LogP contribution in [0.1, 0.15) is 113 Å². The van der Waals surface area contributed by atoms with Gasteiger partial charge in [-0.25, -0.2) is 4.18 Å². The number of aliphatic hydroxyl groups is 13. The number of esters is 1. The second-order valence-corrected chi connectivity index (χ2v) is 27.9. The Morgan fingerprint density at radius 1 is 0.580 bits per heavy atom. The standard InChI is InChI=1S/C54H88O26S/c1-49(2)14-16-54(17-15-52(6)23(24(54)18-49)8-9-30-51(5)12-11-31(80-81(69,70)71)50(3,4)29(51)10-13-53(30,52)7)48(68)79-47-43(39(65)34(60)27(21-57)75-47)78-46-42(38(64)33(59)26(20-56)74-46)77-45-41(67)37(63)35(61)28(76-45)22-72-44-40(66)36(62)32(58)25(19-55)73-44/h8,24-47,55-67H,9-22H2,1-7H3,(H,69,70,71)/t24-,25+,26+,27+,28+,29-,30+,31-,32+,33+,34+,35+,36-,37-,38-,39-,40+,41+,42+,43+,44+,45-,46-,47-,51-,52+,53+,54-/m0/s1. The molecule has 9 rings (SSSR count). The fraction of sp³-hybridized carbons (Fsp3) is 0.944. The van der Waals surface area contributed by atoms with Crippen molar-refractivity contribution >= 4 is 16.4 Å². The Bertz CT molecular complexity index is 2380. The van der Waals surface area contributed by atoms with Crippen LogP contribution in [0.25, 0.3) is 0 Å². The maximum Gasteiger partial charge on any atom is 0.397 e. The lowest BCUT2D eigenvalue weighted by atomic mass is 9.33. The highest BCUT2D eigenvalue weighted by Gasteiger charge is 2.70. The summed E-state index contributed by atoms with van der Waals surface area (Å²) < 4.78 is 86.3. The summed E-state index contributed by atoms with van der Waals surface area (Å²) in [4.78, 5) is 15.5. The van der Waals surface area contributed by atoms with E-state index >= 15 is 4.79 Å².